The predicted octanol–water partition coefficient (Wildman–Crippen LogP) is 6.47. The molecule has 0 aromatic heterocycles. The van der Waals surface area contributed by atoms with Gasteiger partial charge in [0.25, 0.3) is 0 Å². The van der Waals surface area contributed by atoms with Crippen LogP contribution >= 0.6 is 0 Å². The Morgan fingerprint density at radius 1 is 0.914 bits per heavy atom. The number of benzene rings is 3. The molecule has 3 rings (SSSR count). The molecule has 0 aliphatic rings. The second-order valence-electron chi connectivity index (χ2n) is 7.99. The molecule has 0 bridgehead atoms. The molecule has 0 heterocycles. The zero-order chi connectivity index (χ0) is 25.6. The quantitative estimate of drug-likeness (QED) is 0.300. The molecule has 0 aliphatic heterocycles. The van der Waals surface area contributed by atoms with Crippen LogP contribution in [0.5, 0.6) is 17.2 Å². The Hall–Kier alpha value is -3.59. The van der Waals surface area contributed by atoms with Gasteiger partial charge in [0, 0.05) is 0 Å². The van der Waals surface area contributed by atoms with Crippen molar-refractivity contribution in [3.8, 4) is 17.2 Å². The van der Waals surface area contributed by atoms with Gasteiger partial charge in [-0.25, -0.2) is 0 Å². The molecular formula is C26H24F4O5. The van der Waals surface area contributed by atoms with E-state index < -0.39 is 35.8 Å². The Morgan fingerprint density at radius 2 is 1.51 bits per heavy atom. The molecule has 0 aliphatic carbocycles. The molecule has 0 fully saturated rings. The third kappa shape index (κ3) is 6.10. The van der Waals surface area contributed by atoms with Gasteiger partial charge in [0.1, 0.15) is 22.7 Å². The third-order valence-electron chi connectivity index (χ3n) is 5.68. The largest absolute Gasteiger partial charge is 0.481 e. The number of carboxylic acid groups (broad SMARTS) is 1. The monoisotopic (exact) mass is 492 g/mol. The van der Waals surface area contributed by atoms with E-state index in [-0.39, 0.29) is 18.4 Å². The molecule has 2 N–H and O–H groups in total. The molecule has 2 atom stereocenters. The number of aliphatic hydroxyl groups is 1. The minimum atomic E-state index is -4.70. The number of hydrogen-bond acceptors (Lipinski definition) is 4. The molecule has 9 heteroatoms. The van der Waals surface area contributed by atoms with Crippen LogP contribution in [0.2, 0.25) is 0 Å². The van der Waals surface area contributed by atoms with Crippen LogP contribution in [0, 0.1) is 5.41 Å². The molecule has 186 valence electrons. The lowest BCUT2D eigenvalue weighted by molar-refractivity contribution is -0.253. The first-order valence-corrected chi connectivity index (χ1v) is 10.8. The van der Waals surface area contributed by atoms with Gasteiger partial charge in [-0.05, 0) is 60.4 Å². The summed E-state index contributed by atoms with van der Waals surface area (Å²) in [4.78, 5) is 12.3. The maximum Gasteiger partial charge on any atom is 0.461 e. The highest BCUT2D eigenvalue weighted by molar-refractivity contribution is 5.76. The van der Waals surface area contributed by atoms with Gasteiger partial charge in [-0.2, -0.15) is 17.6 Å². The topological polar surface area (TPSA) is 76.0 Å². The lowest BCUT2D eigenvalue weighted by atomic mass is 9.72. The van der Waals surface area contributed by atoms with Gasteiger partial charge in [0.15, 0.2) is 0 Å². The van der Waals surface area contributed by atoms with E-state index in [1.54, 1.807) is 43.3 Å². The fraction of sp³-hybridized carbons (Fsp3) is 0.269. The maximum atomic E-state index is 13.3. The summed E-state index contributed by atoms with van der Waals surface area (Å²) < 4.78 is 61.4. The maximum absolute atomic E-state index is 13.3. The van der Waals surface area contributed by atoms with E-state index in [9.17, 15) is 32.6 Å². The Bertz CT molecular complexity index is 1120. The summed E-state index contributed by atoms with van der Waals surface area (Å²) in [7, 11) is 0. The molecule has 3 aromatic carbocycles. The van der Waals surface area contributed by atoms with E-state index in [0.717, 1.165) is 12.1 Å². The Balaban J connectivity index is 1.84. The van der Waals surface area contributed by atoms with Gasteiger partial charge in [0.05, 0.1) is 6.10 Å². The molecule has 0 spiro atoms. The molecular weight excluding hydrogens is 468 g/mol. The van der Waals surface area contributed by atoms with Crippen molar-refractivity contribution in [2.75, 3.05) is 0 Å². The fourth-order valence-corrected chi connectivity index (χ4v) is 3.71. The van der Waals surface area contributed by atoms with Crippen molar-refractivity contribution >= 4 is 5.97 Å². The molecule has 0 radical (unpaired) electrons. The van der Waals surface area contributed by atoms with Crippen molar-refractivity contribution in [1.82, 2.24) is 0 Å². The van der Waals surface area contributed by atoms with Crippen LogP contribution in [0.1, 0.15) is 30.6 Å². The Labute approximate surface area is 199 Å². The first-order valence-electron chi connectivity index (χ1n) is 10.8. The number of aliphatic hydroxyl groups excluding tert-OH is 1. The van der Waals surface area contributed by atoms with Crippen molar-refractivity contribution in [3.63, 3.8) is 0 Å². The Kier molecular flexibility index (Phi) is 8.01. The number of alkyl halides is 4. The van der Waals surface area contributed by atoms with Crippen molar-refractivity contribution in [2.45, 2.75) is 38.4 Å². The van der Waals surface area contributed by atoms with Crippen LogP contribution in [0.15, 0.2) is 78.9 Å². The standard InChI is InChI=1S/C26H24F4O5/c1-2-25(24(32)33,16-17-7-6-10-21(15-17)35-26(29,30)23(27)28)22(31)18-11-13-20(14-12-18)34-19-8-4-3-5-9-19/h3-15,22-23,31H,2,16H2,1H3,(H,32,33). The van der Waals surface area contributed by atoms with Crippen molar-refractivity contribution in [3.05, 3.63) is 90.0 Å². The van der Waals surface area contributed by atoms with E-state index in [4.69, 9.17) is 4.74 Å². The molecule has 0 saturated heterocycles. The summed E-state index contributed by atoms with van der Waals surface area (Å²) >= 11 is 0. The van der Waals surface area contributed by atoms with E-state index in [1.807, 2.05) is 18.2 Å². The van der Waals surface area contributed by atoms with Gasteiger partial charge in [-0.1, -0.05) is 49.4 Å². The summed E-state index contributed by atoms with van der Waals surface area (Å²) in [5.41, 5.74) is -1.20. The van der Waals surface area contributed by atoms with E-state index in [1.165, 1.54) is 12.1 Å². The van der Waals surface area contributed by atoms with Crippen LogP contribution in [-0.2, 0) is 11.2 Å². The average molecular weight is 492 g/mol. The number of para-hydroxylation sites is 1. The summed E-state index contributed by atoms with van der Waals surface area (Å²) in [6, 6.07) is 20.1. The first-order chi connectivity index (χ1) is 16.6. The zero-order valence-corrected chi connectivity index (χ0v) is 18.7. The second kappa shape index (κ2) is 10.8. The highest BCUT2D eigenvalue weighted by Gasteiger charge is 2.46. The SMILES string of the molecule is CCC(Cc1cccc(OC(F)(F)C(F)F)c1)(C(=O)O)C(O)c1ccc(Oc2ccccc2)cc1. The van der Waals surface area contributed by atoms with Crippen LogP contribution < -0.4 is 9.47 Å². The lowest BCUT2D eigenvalue weighted by Crippen LogP contribution is -2.39. The van der Waals surface area contributed by atoms with Crippen LogP contribution in [-0.4, -0.2) is 28.7 Å². The molecule has 35 heavy (non-hydrogen) atoms. The zero-order valence-electron chi connectivity index (χ0n) is 18.7. The van der Waals surface area contributed by atoms with Crippen molar-refractivity contribution in [2.24, 2.45) is 5.41 Å². The summed E-state index contributed by atoms with van der Waals surface area (Å²) in [6.07, 6.45) is -10.5. The highest BCUT2D eigenvalue weighted by Crippen LogP contribution is 2.42. The minimum absolute atomic E-state index is 0.00988. The van der Waals surface area contributed by atoms with E-state index in [0.29, 0.717) is 17.1 Å². The Morgan fingerprint density at radius 3 is 2.09 bits per heavy atom. The summed E-state index contributed by atoms with van der Waals surface area (Å²) in [5.74, 6) is -0.760. The highest BCUT2D eigenvalue weighted by atomic mass is 19.3. The number of carboxylic acids is 1. The van der Waals surface area contributed by atoms with Crippen LogP contribution in [0.3, 0.4) is 0 Å². The average Bonchev–Trinajstić information content (AvgIpc) is 2.83. The summed E-state index contributed by atoms with van der Waals surface area (Å²) in [6.45, 7) is 1.58. The van der Waals surface area contributed by atoms with Crippen LogP contribution in [0.4, 0.5) is 17.6 Å². The van der Waals surface area contributed by atoms with Crippen molar-refractivity contribution < 1.29 is 42.0 Å². The predicted molar refractivity (Wildman–Crippen MR) is 120 cm³/mol. The molecule has 5 nitrogen and oxygen atoms in total. The number of rotatable bonds is 11. The summed E-state index contributed by atoms with van der Waals surface area (Å²) in [5, 5.41) is 21.2. The number of ether oxygens (including phenoxy) is 2. The molecule has 0 saturated carbocycles. The third-order valence-corrected chi connectivity index (χ3v) is 5.68. The fourth-order valence-electron chi connectivity index (χ4n) is 3.71. The molecule has 0 amide bonds. The van der Waals surface area contributed by atoms with E-state index in [2.05, 4.69) is 4.74 Å². The smallest absolute Gasteiger partial charge is 0.461 e. The van der Waals surface area contributed by atoms with E-state index >= 15 is 0 Å². The van der Waals surface area contributed by atoms with Gasteiger partial charge in [0.2, 0.25) is 0 Å². The number of hydrogen-bond donors (Lipinski definition) is 2. The van der Waals surface area contributed by atoms with Crippen LogP contribution in [0.25, 0.3) is 0 Å². The van der Waals surface area contributed by atoms with Gasteiger partial charge in [-0.3, -0.25) is 4.79 Å². The number of aliphatic carboxylic acids is 1. The second-order valence-corrected chi connectivity index (χ2v) is 7.99. The molecule has 2 unspecified atom stereocenters. The normalized spacial score (nSPS) is 14.3. The van der Waals surface area contributed by atoms with Gasteiger partial charge in [-0.15, -0.1) is 0 Å². The van der Waals surface area contributed by atoms with Crippen molar-refractivity contribution in [1.29, 1.82) is 0 Å². The first kappa shape index (κ1) is 26.0. The van der Waals surface area contributed by atoms with Gasteiger partial charge >= 0.3 is 18.5 Å². The number of carbonyl (C=O) groups is 1. The lowest BCUT2D eigenvalue weighted by Gasteiger charge is -2.34. The minimum Gasteiger partial charge on any atom is -0.481 e. The molecule has 3 aromatic rings. The number of halogens is 4. The van der Waals surface area contributed by atoms with Gasteiger partial charge < -0.3 is 19.7 Å².